The second-order valence-corrected chi connectivity index (χ2v) is 6.14. The van der Waals surface area contributed by atoms with E-state index in [9.17, 15) is 4.79 Å². The number of carbonyl (C=O) groups excluding carboxylic acids is 1. The first kappa shape index (κ1) is 17.8. The second kappa shape index (κ2) is 8.89. The van der Waals surface area contributed by atoms with E-state index in [2.05, 4.69) is 20.5 Å². The molecule has 0 aliphatic rings. The van der Waals surface area contributed by atoms with Gasteiger partial charge in [0.15, 0.2) is 0 Å². The monoisotopic (exact) mass is 350 g/mol. The summed E-state index contributed by atoms with van der Waals surface area (Å²) in [6.45, 7) is 2.37. The van der Waals surface area contributed by atoms with Crippen LogP contribution in [-0.4, -0.2) is 27.6 Å². The van der Waals surface area contributed by atoms with E-state index in [1.165, 1.54) is 5.56 Å². The third-order valence-electron chi connectivity index (χ3n) is 4.12. The third kappa shape index (κ3) is 4.99. The molecule has 1 unspecified atom stereocenters. The van der Waals surface area contributed by atoms with E-state index in [4.69, 9.17) is 4.42 Å². The van der Waals surface area contributed by atoms with Gasteiger partial charge in [-0.3, -0.25) is 9.78 Å². The van der Waals surface area contributed by atoms with Crippen molar-refractivity contribution in [1.82, 2.24) is 20.5 Å². The molecule has 3 aromatic rings. The number of aromatic nitrogens is 3. The van der Waals surface area contributed by atoms with Gasteiger partial charge >= 0.3 is 0 Å². The lowest BCUT2D eigenvalue weighted by atomic mass is 9.95. The average molecular weight is 350 g/mol. The van der Waals surface area contributed by atoms with Crippen LogP contribution < -0.4 is 5.32 Å². The molecule has 6 heteroatoms. The lowest BCUT2D eigenvalue weighted by Gasteiger charge is -2.13. The van der Waals surface area contributed by atoms with Gasteiger partial charge in [-0.15, -0.1) is 10.2 Å². The number of pyridine rings is 1. The molecule has 2 heterocycles. The van der Waals surface area contributed by atoms with Gasteiger partial charge in [0.05, 0.1) is 5.92 Å². The molecular formula is C20H22N4O2. The first-order chi connectivity index (χ1) is 12.7. The van der Waals surface area contributed by atoms with E-state index < -0.39 is 0 Å². The van der Waals surface area contributed by atoms with Gasteiger partial charge in [0.1, 0.15) is 0 Å². The zero-order chi connectivity index (χ0) is 18.2. The van der Waals surface area contributed by atoms with Crippen molar-refractivity contribution in [3.8, 4) is 0 Å². The maximum absolute atomic E-state index is 12.4. The molecule has 1 amide bonds. The van der Waals surface area contributed by atoms with Crippen molar-refractivity contribution in [3.05, 3.63) is 77.8 Å². The standard InChI is InChI=1S/C20H22N4O2/c1-15-23-24-20(26-15)18(17-9-3-2-4-10-17)13-19(25)22-12-6-8-16-7-5-11-21-14-16/h2-5,7,9-11,14,18H,6,8,12-13H2,1H3,(H,22,25). The second-order valence-electron chi connectivity index (χ2n) is 6.14. The van der Waals surface area contributed by atoms with Crippen molar-refractivity contribution in [1.29, 1.82) is 0 Å². The zero-order valence-electron chi connectivity index (χ0n) is 14.8. The summed E-state index contributed by atoms with van der Waals surface area (Å²) < 4.78 is 5.58. The summed E-state index contributed by atoms with van der Waals surface area (Å²) in [6.07, 6.45) is 5.64. The van der Waals surface area contributed by atoms with Crippen molar-refractivity contribution in [3.63, 3.8) is 0 Å². The van der Waals surface area contributed by atoms with Gasteiger partial charge in [-0.05, 0) is 30.0 Å². The molecule has 0 saturated heterocycles. The Hall–Kier alpha value is -3.02. The summed E-state index contributed by atoms with van der Waals surface area (Å²) in [6, 6.07) is 13.7. The van der Waals surface area contributed by atoms with Crippen molar-refractivity contribution in [2.24, 2.45) is 0 Å². The van der Waals surface area contributed by atoms with Crippen molar-refractivity contribution in [2.45, 2.75) is 32.1 Å². The zero-order valence-corrected chi connectivity index (χ0v) is 14.8. The molecule has 0 saturated carbocycles. The van der Waals surface area contributed by atoms with E-state index in [0.717, 1.165) is 18.4 Å². The van der Waals surface area contributed by atoms with Crippen LogP contribution in [-0.2, 0) is 11.2 Å². The molecule has 2 aromatic heterocycles. The summed E-state index contributed by atoms with van der Waals surface area (Å²) in [7, 11) is 0. The number of aryl methyl sites for hydroxylation is 2. The van der Waals surface area contributed by atoms with Crippen LogP contribution in [0, 0.1) is 6.92 Å². The topological polar surface area (TPSA) is 80.9 Å². The largest absolute Gasteiger partial charge is 0.425 e. The van der Waals surface area contributed by atoms with Crippen LogP contribution in [0.3, 0.4) is 0 Å². The van der Waals surface area contributed by atoms with Crippen molar-refractivity contribution >= 4 is 5.91 Å². The SMILES string of the molecule is Cc1nnc(C(CC(=O)NCCCc2cccnc2)c2ccccc2)o1. The molecule has 0 spiro atoms. The molecule has 0 aliphatic carbocycles. The summed E-state index contributed by atoms with van der Waals surface area (Å²) in [5, 5.41) is 11.0. The molecule has 0 bridgehead atoms. The van der Waals surface area contributed by atoms with Gasteiger partial charge in [0.25, 0.3) is 0 Å². The van der Waals surface area contributed by atoms with Gasteiger partial charge in [-0.2, -0.15) is 0 Å². The molecule has 0 aliphatic heterocycles. The Bertz CT molecular complexity index is 818. The fourth-order valence-corrected chi connectivity index (χ4v) is 2.81. The number of nitrogens with one attached hydrogen (secondary N) is 1. The highest BCUT2D eigenvalue weighted by molar-refractivity contribution is 5.77. The van der Waals surface area contributed by atoms with E-state index in [1.54, 1.807) is 13.1 Å². The van der Waals surface area contributed by atoms with Crippen LogP contribution in [0.25, 0.3) is 0 Å². The quantitative estimate of drug-likeness (QED) is 0.632. The Kier molecular flexibility index (Phi) is 6.09. The van der Waals surface area contributed by atoms with Crippen LogP contribution in [0.1, 0.15) is 41.7 Å². The molecular weight excluding hydrogens is 328 g/mol. The molecule has 6 nitrogen and oxygen atoms in total. The predicted octanol–water partition coefficient (Wildman–Crippen LogP) is 3.04. The first-order valence-electron chi connectivity index (χ1n) is 8.73. The van der Waals surface area contributed by atoms with Gasteiger partial charge < -0.3 is 9.73 Å². The van der Waals surface area contributed by atoms with E-state index >= 15 is 0 Å². The van der Waals surface area contributed by atoms with E-state index in [1.807, 2.05) is 48.7 Å². The highest BCUT2D eigenvalue weighted by Crippen LogP contribution is 2.26. The van der Waals surface area contributed by atoms with Crippen LogP contribution in [0.4, 0.5) is 0 Å². The summed E-state index contributed by atoms with van der Waals surface area (Å²) in [4.78, 5) is 16.5. The number of rotatable bonds is 8. The lowest BCUT2D eigenvalue weighted by Crippen LogP contribution is -2.26. The maximum atomic E-state index is 12.4. The smallest absolute Gasteiger partial charge is 0.224 e. The fourth-order valence-electron chi connectivity index (χ4n) is 2.81. The molecule has 0 fully saturated rings. The van der Waals surface area contributed by atoms with Crippen molar-refractivity contribution in [2.75, 3.05) is 6.54 Å². The Balaban J connectivity index is 1.55. The Morgan fingerprint density at radius 2 is 2.00 bits per heavy atom. The molecule has 26 heavy (non-hydrogen) atoms. The molecule has 0 radical (unpaired) electrons. The van der Waals surface area contributed by atoms with Gasteiger partial charge in [0, 0.05) is 32.3 Å². The molecule has 1 atom stereocenters. The van der Waals surface area contributed by atoms with Crippen molar-refractivity contribution < 1.29 is 9.21 Å². The van der Waals surface area contributed by atoms with E-state index in [0.29, 0.717) is 18.3 Å². The van der Waals surface area contributed by atoms with Gasteiger partial charge in [-0.25, -0.2) is 0 Å². The summed E-state index contributed by atoms with van der Waals surface area (Å²) >= 11 is 0. The molecule has 134 valence electrons. The minimum absolute atomic E-state index is 0.0270. The number of hydrogen-bond acceptors (Lipinski definition) is 5. The molecule has 1 aromatic carbocycles. The summed E-state index contributed by atoms with van der Waals surface area (Å²) in [5.74, 6) is 0.702. The Labute approximate surface area is 152 Å². The summed E-state index contributed by atoms with van der Waals surface area (Å²) in [5.41, 5.74) is 2.16. The predicted molar refractivity (Wildman–Crippen MR) is 97.5 cm³/mol. The fraction of sp³-hybridized carbons (Fsp3) is 0.300. The number of benzene rings is 1. The minimum Gasteiger partial charge on any atom is -0.425 e. The normalized spacial score (nSPS) is 11.9. The third-order valence-corrected chi connectivity index (χ3v) is 4.12. The Morgan fingerprint density at radius 1 is 1.15 bits per heavy atom. The maximum Gasteiger partial charge on any atom is 0.224 e. The average Bonchev–Trinajstić information content (AvgIpc) is 3.11. The van der Waals surface area contributed by atoms with Gasteiger partial charge in [0.2, 0.25) is 17.7 Å². The van der Waals surface area contributed by atoms with Crippen LogP contribution in [0.5, 0.6) is 0 Å². The number of hydrogen-bond donors (Lipinski definition) is 1. The van der Waals surface area contributed by atoms with Crippen LogP contribution >= 0.6 is 0 Å². The molecule has 3 rings (SSSR count). The number of amides is 1. The molecule has 1 N–H and O–H groups in total. The number of carbonyl (C=O) groups is 1. The number of nitrogens with zero attached hydrogens (tertiary/aromatic N) is 3. The lowest BCUT2D eigenvalue weighted by molar-refractivity contribution is -0.121. The van der Waals surface area contributed by atoms with E-state index in [-0.39, 0.29) is 18.2 Å². The van der Waals surface area contributed by atoms with Crippen LogP contribution in [0.2, 0.25) is 0 Å². The first-order valence-corrected chi connectivity index (χ1v) is 8.73. The van der Waals surface area contributed by atoms with Crippen LogP contribution in [0.15, 0.2) is 59.3 Å². The van der Waals surface area contributed by atoms with Gasteiger partial charge in [-0.1, -0.05) is 36.4 Å². The minimum atomic E-state index is -0.240. The highest BCUT2D eigenvalue weighted by atomic mass is 16.4. The highest BCUT2D eigenvalue weighted by Gasteiger charge is 2.23. The Morgan fingerprint density at radius 3 is 2.69 bits per heavy atom.